The molecule has 158 valence electrons. The molecule has 1 amide bonds. The van der Waals surface area contributed by atoms with Crippen LogP contribution in [-0.4, -0.2) is 26.9 Å². The molecule has 2 heterocycles. The van der Waals surface area contributed by atoms with E-state index >= 15 is 0 Å². The number of amides is 1. The number of nitrogens with zero attached hydrogens (tertiary/aromatic N) is 3. The summed E-state index contributed by atoms with van der Waals surface area (Å²) in [6.45, 7) is 6.41. The van der Waals surface area contributed by atoms with E-state index in [-0.39, 0.29) is 17.5 Å². The molecule has 1 atom stereocenters. The van der Waals surface area contributed by atoms with Crippen LogP contribution in [0, 0.1) is 6.92 Å². The van der Waals surface area contributed by atoms with Gasteiger partial charge in [-0.2, -0.15) is 0 Å². The molecule has 0 bridgehead atoms. The highest BCUT2D eigenvalue weighted by Gasteiger charge is 2.26. The van der Waals surface area contributed by atoms with Gasteiger partial charge in [0, 0.05) is 11.4 Å². The first kappa shape index (κ1) is 21.0. The van der Waals surface area contributed by atoms with Crippen LogP contribution in [0.4, 0.5) is 0 Å². The first-order valence-electron chi connectivity index (χ1n) is 10.4. The van der Waals surface area contributed by atoms with Gasteiger partial charge in [0.15, 0.2) is 0 Å². The standard InChI is InChI=1S/C25H25N3O2S/c1-4-27(23(29)16-19-11-9-15-31-19)18(3)24-26-21-13-7-6-12-20(21)25(30)28(24)22-14-8-5-10-17(22)2/h5-15,18H,4,16H2,1-3H3. The minimum atomic E-state index is -0.366. The lowest BCUT2D eigenvalue weighted by molar-refractivity contribution is -0.132. The summed E-state index contributed by atoms with van der Waals surface area (Å²) in [4.78, 5) is 34.4. The SMILES string of the molecule is CCN(C(=O)Cc1cccs1)C(C)c1nc2ccccc2c(=O)n1-c1ccccc1C. The molecule has 4 aromatic rings. The van der Waals surface area contributed by atoms with Gasteiger partial charge in [0.1, 0.15) is 5.82 Å². The van der Waals surface area contributed by atoms with Crippen LogP contribution in [0.1, 0.15) is 36.2 Å². The molecule has 1 unspecified atom stereocenters. The first-order chi connectivity index (χ1) is 15.0. The van der Waals surface area contributed by atoms with Crippen LogP contribution in [-0.2, 0) is 11.2 Å². The first-order valence-corrected chi connectivity index (χ1v) is 11.3. The fourth-order valence-corrected chi connectivity index (χ4v) is 4.64. The zero-order chi connectivity index (χ0) is 22.0. The average Bonchev–Trinajstić information content (AvgIpc) is 3.28. The summed E-state index contributed by atoms with van der Waals surface area (Å²) in [7, 11) is 0. The molecule has 5 nitrogen and oxygen atoms in total. The number of hydrogen-bond acceptors (Lipinski definition) is 4. The topological polar surface area (TPSA) is 55.2 Å². The van der Waals surface area contributed by atoms with Crippen LogP contribution < -0.4 is 5.56 Å². The van der Waals surface area contributed by atoms with Crippen molar-refractivity contribution in [1.29, 1.82) is 0 Å². The van der Waals surface area contributed by atoms with Gasteiger partial charge in [0.05, 0.1) is 29.1 Å². The summed E-state index contributed by atoms with van der Waals surface area (Å²) >= 11 is 1.57. The van der Waals surface area contributed by atoms with Gasteiger partial charge in [-0.3, -0.25) is 14.2 Å². The predicted molar refractivity (Wildman–Crippen MR) is 126 cm³/mol. The lowest BCUT2D eigenvalue weighted by Gasteiger charge is -2.30. The van der Waals surface area contributed by atoms with Gasteiger partial charge >= 0.3 is 0 Å². The number of rotatable bonds is 6. The van der Waals surface area contributed by atoms with E-state index in [0.717, 1.165) is 16.1 Å². The van der Waals surface area contributed by atoms with Gasteiger partial charge in [0.25, 0.3) is 5.56 Å². The van der Waals surface area contributed by atoms with Crippen molar-refractivity contribution in [2.45, 2.75) is 33.2 Å². The van der Waals surface area contributed by atoms with Crippen LogP contribution in [0.25, 0.3) is 16.6 Å². The van der Waals surface area contributed by atoms with Crippen LogP contribution in [0.3, 0.4) is 0 Å². The number of para-hydroxylation sites is 2. The van der Waals surface area contributed by atoms with Crippen molar-refractivity contribution in [3.05, 3.63) is 92.7 Å². The van der Waals surface area contributed by atoms with Gasteiger partial charge < -0.3 is 4.90 Å². The summed E-state index contributed by atoms with van der Waals surface area (Å²) in [6.07, 6.45) is 0.345. The van der Waals surface area contributed by atoms with E-state index in [2.05, 4.69) is 0 Å². The largest absolute Gasteiger partial charge is 0.333 e. The number of hydrogen-bond donors (Lipinski definition) is 0. The average molecular weight is 432 g/mol. The lowest BCUT2D eigenvalue weighted by atomic mass is 10.1. The Balaban J connectivity index is 1.87. The number of aromatic nitrogens is 2. The van der Waals surface area contributed by atoms with Crippen LogP contribution >= 0.6 is 11.3 Å². The van der Waals surface area contributed by atoms with Crippen molar-refractivity contribution in [2.75, 3.05) is 6.54 Å². The molecule has 4 rings (SSSR count). The van der Waals surface area contributed by atoms with Crippen LogP contribution in [0.15, 0.2) is 70.8 Å². The summed E-state index contributed by atoms with van der Waals surface area (Å²) in [5.74, 6) is 0.593. The second-order valence-corrected chi connectivity index (χ2v) is 8.56. The number of carbonyl (C=O) groups is 1. The third-order valence-electron chi connectivity index (χ3n) is 5.57. The number of benzene rings is 2. The van der Waals surface area contributed by atoms with E-state index in [1.807, 2.05) is 80.7 Å². The monoisotopic (exact) mass is 431 g/mol. The zero-order valence-electron chi connectivity index (χ0n) is 17.9. The van der Waals surface area contributed by atoms with E-state index in [1.165, 1.54) is 0 Å². The Morgan fingerprint density at radius 1 is 1.10 bits per heavy atom. The highest BCUT2D eigenvalue weighted by Crippen LogP contribution is 2.25. The third kappa shape index (κ3) is 4.03. The minimum absolute atomic E-state index is 0.0243. The van der Waals surface area contributed by atoms with Gasteiger partial charge in [-0.25, -0.2) is 4.98 Å². The molecule has 31 heavy (non-hydrogen) atoms. The van der Waals surface area contributed by atoms with Gasteiger partial charge in [-0.1, -0.05) is 36.4 Å². The molecule has 6 heteroatoms. The summed E-state index contributed by atoms with van der Waals surface area (Å²) in [6, 6.07) is 18.7. The maximum absolute atomic E-state index is 13.6. The van der Waals surface area contributed by atoms with E-state index in [4.69, 9.17) is 4.98 Å². The molecule has 0 fully saturated rings. The van der Waals surface area contributed by atoms with Gasteiger partial charge in [-0.05, 0) is 56.0 Å². The van der Waals surface area contributed by atoms with E-state index < -0.39 is 0 Å². The van der Waals surface area contributed by atoms with E-state index in [0.29, 0.717) is 29.7 Å². The van der Waals surface area contributed by atoms with Gasteiger partial charge in [0.2, 0.25) is 5.91 Å². The molecule has 0 N–H and O–H groups in total. The zero-order valence-corrected chi connectivity index (χ0v) is 18.7. The molecule has 2 aromatic heterocycles. The Morgan fingerprint density at radius 2 is 1.84 bits per heavy atom. The maximum atomic E-state index is 13.6. The molecule has 0 aliphatic carbocycles. The number of thiophene rings is 1. The Morgan fingerprint density at radius 3 is 2.55 bits per heavy atom. The van der Waals surface area contributed by atoms with Crippen molar-refractivity contribution in [1.82, 2.24) is 14.5 Å². The normalized spacial score (nSPS) is 12.1. The molecule has 0 aliphatic rings. The Bertz CT molecular complexity index is 1280. The van der Waals surface area contributed by atoms with E-state index in [9.17, 15) is 9.59 Å². The molecule has 0 radical (unpaired) electrons. The lowest BCUT2D eigenvalue weighted by Crippen LogP contribution is -2.38. The van der Waals surface area contributed by atoms with Crippen molar-refractivity contribution >= 4 is 28.1 Å². The fraction of sp³-hybridized carbons (Fsp3) is 0.240. The molecule has 0 spiro atoms. The Kier molecular flexibility index (Phi) is 6.00. The van der Waals surface area contributed by atoms with Gasteiger partial charge in [-0.15, -0.1) is 11.3 Å². The fourth-order valence-electron chi connectivity index (χ4n) is 3.95. The molecule has 0 saturated carbocycles. The summed E-state index contributed by atoms with van der Waals surface area (Å²) < 4.78 is 1.67. The molecule has 0 aliphatic heterocycles. The number of carbonyl (C=O) groups excluding carboxylic acids is 1. The van der Waals surface area contributed by atoms with Crippen molar-refractivity contribution in [3.63, 3.8) is 0 Å². The highest BCUT2D eigenvalue weighted by molar-refractivity contribution is 7.10. The van der Waals surface area contributed by atoms with Crippen LogP contribution in [0.5, 0.6) is 0 Å². The Hall–Kier alpha value is -3.25. The quantitative estimate of drug-likeness (QED) is 0.436. The molecular formula is C25H25N3O2S. The highest BCUT2D eigenvalue weighted by atomic mass is 32.1. The Labute approximate surface area is 185 Å². The molecule has 2 aromatic carbocycles. The molecular weight excluding hydrogens is 406 g/mol. The smallest absolute Gasteiger partial charge is 0.266 e. The summed E-state index contributed by atoms with van der Waals surface area (Å²) in [5.41, 5.74) is 2.28. The second-order valence-electron chi connectivity index (χ2n) is 7.53. The van der Waals surface area contributed by atoms with Crippen molar-refractivity contribution < 1.29 is 4.79 Å². The van der Waals surface area contributed by atoms with Crippen molar-refractivity contribution in [3.8, 4) is 5.69 Å². The van der Waals surface area contributed by atoms with Crippen molar-refractivity contribution in [2.24, 2.45) is 0 Å². The predicted octanol–water partition coefficient (Wildman–Crippen LogP) is 4.91. The maximum Gasteiger partial charge on any atom is 0.266 e. The summed E-state index contributed by atoms with van der Waals surface area (Å²) in [5, 5.41) is 2.54. The van der Waals surface area contributed by atoms with E-state index in [1.54, 1.807) is 26.9 Å². The molecule has 0 saturated heterocycles. The number of aryl methyl sites for hydroxylation is 1. The minimum Gasteiger partial charge on any atom is -0.333 e. The number of fused-ring (bicyclic) bond motifs is 1. The second kappa shape index (κ2) is 8.86. The third-order valence-corrected chi connectivity index (χ3v) is 6.44. The number of likely N-dealkylation sites (N-methyl/N-ethyl adjacent to an activating group) is 1. The van der Waals surface area contributed by atoms with Crippen LogP contribution in [0.2, 0.25) is 0 Å².